The molecule has 0 saturated heterocycles. The van der Waals surface area contributed by atoms with E-state index >= 15 is 0 Å². The first kappa shape index (κ1) is 20.9. The third-order valence-electron chi connectivity index (χ3n) is 4.81. The number of aliphatic imine (C=N–C) groups is 1. The molecular formula is C26H22N2O4. The van der Waals surface area contributed by atoms with E-state index < -0.39 is 12.1 Å². The van der Waals surface area contributed by atoms with Crippen molar-refractivity contribution in [3.05, 3.63) is 108 Å². The average Bonchev–Trinajstić information content (AvgIpc) is 2.83. The smallest absolute Gasteiger partial charge is 0.336 e. The minimum Gasteiger partial charge on any atom is -0.497 e. The highest BCUT2D eigenvalue weighted by molar-refractivity contribution is 5.88. The Bertz CT molecular complexity index is 1160. The zero-order chi connectivity index (χ0) is 22.3. The minimum absolute atomic E-state index is 0.0878. The number of rotatable bonds is 6. The molecule has 1 aliphatic rings. The molecule has 160 valence electrons. The molecule has 1 heterocycles. The van der Waals surface area contributed by atoms with Crippen molar-refractivity contribution >= 4 is 23.8 Å². The van der Waals surface area contributed by atoms with Gasteiger partial charge in [-0.25, -0.2) is 4.79 Å². The number of hydrogen-bond donors (Lipinski definition) is 1. The lowest BCUT2D eigenvalue weighted by Gasteiger charge is -2.21. The molecule has 32 heavy (non-hydrogen) atoms. The highest BCUT2D eigenvalue weighted by Crippen LogP contribution is 2.30. The van der Waals surface area contributed by atoms with Crippen molar-refractivity contribution in [1.82, 2.24) is 0 Å². The monoisotopic (exact) mass is 426 g/mol. The fourth-order valence-corrected chi connectivity index (χ4v) is 3.18. The second-order valence-corrected chi connectivity index (χ2v) is 7.00. The summed E-state index contributed by atoms with van der Waals surface area (Å²) in [5.41, 5.74) is 9.30. The van der Waals surface area contributed by atoms with Gasteiger partial charge in [0.25, 0.3) is 6.02 Å². The number of hydrogen-bond acceptors (Lipinski definition) is 6. The summed E-state index contributed by atoms with van der Waals surface area (Å²) in [5.74, 6) is 0.750. The van der Waals surface area contributed by atoms with E-state index in [-0.39, 0.29) is 6.02 Å². The van der Waals surface area contributed by atoms with Crippen molar-refractivity contribution in [2.24, 2.45) is 10.7 Å². The molecule has 0 spiro atoms. The van der Waals surface area contributed by atoms with Crippen LogP contribution in [0.15, 0.2) is 96.0 Å². The Balaban J connectivity index is 1.44. The lowest BCUT2D eigenvalue weighted by Crippen LogP contribution is -2.22. The molecule has 0 aliphatic carbocycles. The number of methoxy groups -OCH3 is 1. The van der Waals surface area contributed by atoms with Crippen LogP contribution in [-0.2, 0) is 9.53 Å². The van der Waals surface area contributed by atoms with Crippen LogP contribution in [0.25, 0.3) is 11.8 Å². The maximum atomic E-state index is 12.1. The summed E-state index contributed by atoms with van der Waals surface area (Å²) in [6.45, 7) is 0. The molecule has 0 radical (unpaired) electrons. The Morgan fingerprint density at radius 1 is 0.969 bits per heavy atom. The second-order valence-electron chi connectivity index (χ2n) is 7.00. The van der Waals surface area contributed by atoms with E-state index in [4.69, 9.17) is 19.9 Å². The molecule has 3 aromatic rings. The van der Waals surface area contributed by atoms with Crippen LogP contribution in [0.5, 0.6) is 11.5 Å². The predicted molar refractivity (Wildman–Crippen MR) is 124 cm³/mol. The van der Waals surface area contributed by atoms with Gasteiger partial charge in [0.15, 0.2) is 0 Å². The van der Waals surface area contributed by atoms with Gasteiger partial charge in [-0.3, -0.25) is 0 Å². The Hall–Kier alpha value is -4.32. The average molecular weight is 426 g/mol. The molecule has 0 amide bonds. The Kier molecular flexibility index (Phi) is 6.32. The molecule has 1 unspecified atom stereocenters. The van der Waals surface area contributed by atoms with E-state index in [2.05, 4.69) is 4.99 Å². The van der Waals surface area contributed by atoms with E-state index in [1.54, 1.807) is 25.3 Å². The van der Waals surface area contributed by atoms with Gasteiger partial charge in [-0.05, 0) is 59.7 Å². The Labute approximate surface area is 186 Å². The molecule has 0 fully saturated rings. The van der Waals surface area contributed by atoms with Crippen LogP contribution in [0.3, 0.4) is 0 Å². The molecule has 6 nitrogen and oxygen atoms in total. The van der Waals surface area contributed by atoms with Crippen molar-refractivity contribution in [2.45, 2.75) is 6.10 Å². The Morgan fingerprint density at radius 2 is 1.66 bits per heavy atom. The van der Waals surface area contributed by atoms with Gasteiger partial charge in [0.1, 0.15) is 17.6 Å². The molecule has 4 rings (SSSR count). The molecular weight excluding hydrogens is 404 g/mol. The van der Waals surface area contributed by atoms with Crippen molar-refractivity contribution in [3.63, 3.8) is 0 Å². The molecule has 2 N–H and O–H groups in total. The summed E-state index contributed by atoms with van der Waals surface area (Å²) in [4.78, 5) is 16.4. The SMILES string of the molecule is COc1ccc(C2=CC(c3ccc(OC(=O)/C=C\c4ccccc4)cc3)OC(N)=N2)cc1. The van der Waals surface area contributed by atoms with Crippen LogP contribution >= 0.6 is 0 Å². The van der Waals surface area contributed by atoms with Gasteiger partial charge in [0.2, 0.25) is 0 Å². The molecule has 0 bridgehead atoms. The van der Waals surface area contributed by atoms with Gasteiger partial charge in [-0.2, -0.15) is 4.99 Å². The van der Waals surface area contributed by atoms with E-state index in [0.717, 1.165) is 22.4 Å². The van der Waals surface area contributed by atoms with Gasteiger partial charge in [0.05, 0.1) is 12.8 Å². The minimum atomic E-state index is -0.450. The van der Waals surface area contributed by atoms with Gasteiger partial charge >= 0.3 is 5.97 Å². The molecule has 0 aromatic heterocycles. The number of benzene rings is 3. The second kappa shape index (κ2) is 9.66. The summed E-state index contributed by atoms with van der Waals surface area (Å²) < 4.78 is 16.3. The number of carbonyl (C=O) groups is 1. The van der Waals surface area contributed by atoms with Crippen molar-refractivity contribution < 1.29 is 19.0 Å². The highest BCUT2D eigenvalue weighted by Gasteiger charge is 2.19. The van der Waals surface area contributed by atoms with Crippen LogP contribution < -0.4 is 15.2 Å². The van der Waals surface area contributed by atoms with Crippen molar-refractivity contribution in [3.8, 4) is 11.5 Å². The van der Waals surface area contributed by atoms with E-state index in [9.17, 15) is 4.79 Å². The molecule has 6 heteroatoms. The maximum absolute atomic E-state index is 12.1. The fourth-order valence-electron chi connectivity index (χ4n) is 3.18. The number of ether oxygens (including phenoxy) is 3. The Morgan fingerprint density at radius 3 is 2.34 bits per heavy atom. The summed E-state index contributed by atoms with van der Waals surface area (Å²) in [7, 11) is 1.62. The number of esters is 1. The van der Waals surface area contributed by atoms with Crippen molar-refractivity contribution in [2.75, 3.05) is 7.11 Å². The van der Waals surface area contributed by atoms with Crippen LogP contribution in [0.2, 0.25) is 0 Å². The molecule has 1 aliphatic heterocycles. The molecule has 0 saturated carbocycles. The zero-order valence-corrected chi connectivity index (χ0v) is 17.5. The maximum Gasteiger partial charge on any atom is 0.336 e. The first-order chi connectivity index (χ1) is 15.6. The largest absolute Gasteiger partial charge is 0.497 e. The summed E-state index contributed by atoms with van der Waals surface area (Å²) in [5, 5.41) is 0. The predicted octanol–water partition coefficient (Wildman–Crippen LogP) is 4.74. The molecule has 1 atom stereocenters. The topological polar surface area (TPSA) is 83.1 Å². The lowest BCUT2D eigenvalue weighted by molar-refractivity contribution is -0.128. The van der Waals surface area contributed by atoms with Crippen LogP contribution in [0.1, 0.15) is 22.8 Å². The van der Waals surface area contributed by atoms with Crippen molar-refractivity contribution in [1.29, 1.82) is 0 Å². The first-order valence-corrected chi connectivity index (χ1v) is 10.0. The standard InChI is InChI=1S/C26H22N2O4/c1-30-21-12-8-19(9-13-21)23-17-24(32-26(27)28-23)20-10-14-22(15-11-20)31-25(29)16-7-18-5-3-2-4-6-18/h2-17,24H,1H3,(H2,27,28)/b16-7-. The number of nitrogens with two attached hydrogens (primary N) is 1. The summed E-state index contributed by atoms with van der Waals surface area (Å²) in [6, 6.07) is 24.3. The summed E-state index contributed by atoms with van der Waals surface area (Å²) in [6.07, 6.45) is 4.59. The zero-order valence-electron chi connectivity index (χ0n) is 17.5. The lowest BCUT2D eigenvalue weighted by atomic mass is 10.0. The normalized spacial score (nSPS) is 15.5. The highest BCUT2D eigenvalue weighted by atomic mass is 16.5. The van der Waals surface area contributed by atoms with Crippen LogP contribution in [0, 0.1) is 0 Å². The van der Waals surface area contributed by atoms with E-state index in [0.29, 0.717) is 11.4 Å². The van der Waals surface area contributed by atoms with E-state index in [1.807, 2.05) is 72.8 Å². The third kappa shape index (κ3) is 5.23. The number of amidine groups is 1. The number of carbonyl (C=O) groups excluding carboxylic acids is 1. The first-order valence-electron chi connectivity index (χ1n) is 10.0. The van der Waals surface area contributed by atoms with E-state index in [1.165, 1.54) is 6.08 Å². The fraction of sp³-hybridized carbons (Fsp3) is 0.0769. The van der Waals surface area contributed by atoms with Gasteiger partial charge in [0, 0.05) is 11.6 Å². The van der Waals surface area contributed by atoms with Gasteiger partial charge < -0.3 is 19.9 Å². The summed E-state index contributed by atoms with van der Waals surface area (Å²) >= 11 is 0. The van der Waals surface area contributed by atoms with Gasteiger partial charge in [-0.15, -0.1) is 0 Å². The molecule has 3 aromatic carbocycles. The third-order valence-corrected chi connectivity index (χ3v) is 4.81. The van der Waals surface area contributed by atoms with Crippen LogP contribution in [0.4, 0.5) is 0 Å². The quantitative estimate of drug-likeness (QED) is 0.350. The van der Waals surface area contributed by atoms with Gasteiger partial charge in [-0.1, -0.05) is 42.5 Å². The van der Waals surface area contributed by atoms with Crippen LogP contribution in [-0.4, -0.2) is 19.1 Å². The number of nitrogens with zero attached hydrogens (tertiary/aromatic N) is 1.